The summed E-state index contributed by atoms with van der Waals surface area (Å²) in [5.41, 5.74) is 7.66. The molecule has 0 aliphatic carbocycles. The SMILES string of the molecule is Fc1cc2c3c(c1F)Oc1ccccc1C3c1cc3c(cc1O2)N(c1ccccc1)c1cc(F)c(F)c2c1B3c1ccccc1N2c1ccccc1. The Bertz CT molecular complexity index is 2670. The van der Waals surface area contributed by atoms with Crippen LogP contribution >= 0.6 is 0 Å². The Labute approximate surface area is 295 Å². The molecule has 0 amide bonds. The lowest BCUT2D eigenvalue weighted by atomic mass is 9.33. The lowest BCUT2D eigenvalue weighted by molar-refractivity contribution is 0.370. The van der Waals surface area contributed by atoms with E-state index in [-0.39, 0.29) is 17.2 Å². The summed E-state index contributed by atoms with van der Waals surface area (Å²) in [7, 11) is 0. The Morgan fingerprint density at radius 3 is 1.96 bits per heavy atom. The number of hydrogen-bond donors (Lipinski definition) is 0. The van der Waals surface area contributed by atoms with E-state index in [1.54, 1.807) is 17.0 Å². The van der Waals surface area contributed by atoms with Crippen molar-refractivity contribution < 1.29 is 27.0 Å². The molecule has 1 unspecified atom stereocenters. The highest BCUT2D eigenvalue weighted by Gasteiger charge is 2.47. The molecular weight excluding hydrogens is 663 g/mol. The highest BCUT2D eigenvalue weighted by atomic mass is 19.2. The number of anilines is 6. The number of halogens is 4. The zero-order valence-corrected chi connectivity index (χ0v) is 27.1. The minimum atomic E-state index is -1.09. The van der Waals surface area contributed by atoms with Crippen molar-refractivity contribution in [2.45, 2.75) is 5.92 Å². The third-order valence-corrected chi connectivity index (χ3v) is 10.6. The van der Waals surface area contributed by atoms with Gasteiger partial charge in [0.1, 0.15) is 17.2 Å². The lowest BCUT2D eigenvalue weighted by Gasteiger charge is -2.45. The van der Waals surface area contributed by atoms with Crippen LogP contribution in [-0.4, -0.2) is 6.71 Å². The zero-order chi connectivity index (χ0) is 34.8. The average molecular weight is 686 g/mol. The number of hydrogen-bond acceptors (Lipinski definition) is 4. The molecular formula is C43H23BF4N2O2. The molecule has 0 spiro atoms. The first-order valence-corrected chi connectivity index (χ1v) is 16.9. The monoisotopic (exact) mass is 686 g/mol. The fourth-order valence-electron chi connectivity index (χ4n) is 8.58. The predicted octanol–water partition coefficient (Wildman–Crippen LogP) is 9.72. The van der Waals surface area contributed by atoms with Crippen LogP contribution < -0.4 is 35.7 Å². The summed E-state index contributed by atoms with van der Waals surface area (Å²) in [6.07, 6.45) is 0. The van der Waals surface area contributed by atoms with Gasteiger partial charge in [-0.05, 0) is 52.8 Å². The van der Waals surface area contributed by atoms with Crippen molar-refractivity contribution in [3.05, 3.63) is 173 Å². The lowest BCUT2D eigenvalue weighted by Crippen LogP contribution is -2.62. The molecule has 52 heavy (non-hydrogen) atoms. The molecule has 0 saturated carbocycles. The number of nitrogens with zero attached hydrogens (tertiary/aromatic N) is 2. The van der Waals surface area contributed by atoms with Gasteiger partial charge in [-0.15, -0.1) is 0 Å². The van der Waals surface area contributed by atoms with Crippen molar-refractivity contribution in [3.8, 4) is 23.0 Å². The highest BCUT2D eigenvalue weighted by Crippen LogP contribution is 2.58. The summed E-state index contributed by atoms with van der Waals surface area (Å²) in [6.45, 7) is -0.530. The van der Waals surface area contributed by atoms with Crippen LogP contribution in [0.2, 0.25) is 0 Å². The van der Waals surface area contributed by atoms with Gasteiger partial charge in [0.2, 0.25) is 5.82 Å². The van der Waals surface area contributed by atoms with Crippen molar-refractivity contribution in [1.82, 2.24) is 0 Å². The Kier molecular flexibility index (Phi) is 5.92. The van der Waals surface area contributed by atoms with Gasteiger partial charge in [0.05, 0.1) is 11.3 Å². The maximum absolute atomic E-state index is 16.6. The van der Waals surface area contributed by atoms with Crippen molar-refractivity contribution in [2.24, 2.45) is 0 Å². The Balaban J connectivity index is 1.25. The van der Waals surface area contributed by atoms with Gasteiger partial charge in [-0.3, -0.25) is 0 Å². The van der Waals surface area contributed by atoms with E-state index in [1.165, 1.54) is 6.07 Å². The Morgan fingerprint density at radius 2 is 1.17 bits per heavy atom. The predicted molar refractivity (Wildman–Crippen MR) is 194 cm³/mol. The summed E-state index contributed by atoms with van der Waals surface area (Å²) >= 11 is 0. The highest BCUT2D eigenvalue weighted by molar-refractivity contribution is 7.00. The van der Waals surface area contributed by atoms with Crippen LogP contribution in [-0.2, 0) is 0 Å². The standard InChI is InChI=1S/C43H23BF4N2O2/c45-29-20-33-39-42(40(29)47)50(24-13-5-2-6-14-24)31-17-9-8-16-27(31)44(39)28-19-26-35(22-32(28)49(33)23-11-3-1-4-12-23)51-36-21-30(46)41(48)43-38(36)37(26)25-15-7-10-18-34(25)52-43/h1-22,37H. The van der Waals surface area contributed by atoms with Crippen LogP contribution in [0, 0.1) is 23.3 Å². The van der Waals surface area contributed by atoms with E-state index in [4.69, 9.17) is 9.47 Å². The normalized spacial score (nSPS) is 15.3. The largest absolute Gasteiger partial charge is 0.456 e. The smallest absolute Gasteiger partial charge is 0.252 e. The minimum Gasteiger partial charge on any atom is -0.456 e. The maximum Gasteiger partial charge on any atom is 0.252 e. The molecule has 1 atom stereocenters. The molecule has 0 fully saturated rings. The van der Waals surface area contributed by atoms with Crippen LogP contribution in [0.1, 0.15) is 22.6 Å². The van der Waals surface area contributed by atoms with Gasteiger partial charge < -0.3 is 19.3 Å². The van der Waals surface area contributed by atoms with E-state index in [0.29, 0.717) is 39.6 Å². The van der Waals surface area contributed by atoms with E-state index in [0.717, 1.165) is 39.5 Å². The second kappa shape index (κ2) is 10.5. The number of fused-ring (bicyclic) bond motifs is 8. The fourth-order valence-corrected chi connectivity index (χ4v) is 8.58. The average Bonchev–Trinajstić information content (AvgIpc) is 3.18. The molecule has 4 heterocycles. The number of rotatable bonds is 2. The van der Waals surface area contributed by atoms with Gasteiger partial charge in [-0.1, -0.05) is 78.9 Å². The molecule has 7 aromatic carbocycles. The van der Waals surface area contributed by atoms with Gasteiger partial charge >= 0.3 is 0 Å². The molecule has 4 nitrogen and oxygen atoms in total. The quantitative estimate of drug-likeness (QED) is 0.134. The Morgan fingerprint density at radius 1 is 0.500 bits per heavy atom. The fraction of sp³-hybridized carbons (Fsp3) is 0.0233. The summed E-state index contributed by atoms with van der Waals surface area (Å²) in [4.78, 5) is 3.73. The third kappa shape index (κ3) is 3.82. The minimum absolute atomic E-state index is 0.132. The summed E-state index contributed by atoms with van der Waals surface area (Å²) in [5.74, 6) is -3.87. The van der Waals surface area contributed by atoms with Crippen LogP contribution in [0.4, 0.5) is 51.7 Å². The van der Waals surface area contributed by atoms with Gasteiger partial charge in [-0.2, -0.15) is 4.39 Å². The molecule has 0 aromatic heterocycles. The zero-order valence-electron chi connectivity index (χ0n) is 27.1. The molecule has 248 valence electrons. The van der Waals surface area contributed by atoms with Crippen molar-refractivity contribution >= 4 is 57.2 Å². The van der Waals surface area contributed by atoms with E-state index in [9.17, 15) is 0 Å². The topological polar surface area (TPSA) is 24.9 Å². The maximum atomic E-state index is 16.6. The van der Waals surface area contributed by atoms with Crippen molar-refractivity contribution in [3.63, 3.8) is 0 Å². The van der Waals surface area contributed by atoms with Crippen molar-refractivity contribution in [2.75, 3.05) is 9.80 Å². The summed E-state index contributed by atoms with van der Waals surface area (Å²) < 4.78 is 75.7. The van der Waals surface area contributed by atoms with E-state index in [2.05, 4.69) is 0 Å². The number of para-hydroxylation sites is 4. The summed E-state index contributed by atoms with van der Waals surface area (Å²) in [6, 6.07) is 40.3. The van der Waals surface area contributed by atoms with Crippen LogP contribution in [0.15, 0.2) is 133 Å². The van der Waals surface area contributed by atoms with Gasteiger partial charge in [0, 0.05) is 63.7 Å². The molecule has 0 saturated heterocycles. The molecule has 11 rings (SSSR count). The van der Waals surface area contributed by atoms with Crippen LogP contribution in [0.5, 0.6) is 23.0 Å². The second-order valence-electron chi connectivity index (χ2n) is 13.3. The second-order valence-corrected chi connectivity index (χ2v) is 13.3. The van der Waals surface area contributed by atoms with E-state index >= 15 is 17.6 Å². The Hall–Kier alpha value is -6.48. The molecule has 4 aliphatic rings. The summed E-state index contributed by atoms with van der Waals surface area (Å²) in [5, 5.41) is 0. The van der Waals surface area contributed by atoms with Gasteiger partial charge in [0.25, 0.3) is 6.71 Å². The van der Waals surface area contributed by atoms with E-state index < -0.39 is 35.9 Å². The third-order valence-electron chi connectivity index (χ3n) is 10.6. The van der Waals surface area contributed by atoms with Crippen LogP contribution in [0.3, 0.4) is 0 Å². The van der Waals surface area contributed by atoms with Gasteiger partial charge in [-0.25, -0.2) is 13.2 Å². The number of ether oxygens (including phenoxy) is 2. The first-order chi connectivity index (χ1) is 25.5. The molecule has 9 heteroatoms. The molecule has 0 N–H and O–H groups in total. The first kappa shape index (κ1) is 29.3. The molecule has 0 bridgehead atoms. The van der Waals surface area contributed by atoms with Gasteiger partial charge in [0.15, 0.2) is 23.2 Å². The van der Waals surface area contributed by atoms with Crippen LogP contribution in [0.25, 0.3) is 0 Å². The van der Waals surface area contributed by atoms with Crippen molar-refractivity contribution in [1.29, 1.82) is 0 Å². The number of benzene rings is 7. The first-order valence-electron chi connectivity index (χ1n) is 16.9. The molecule has 7 aromatic rings. The molecule has 4 aliphatic heterocycles. The molecule has 0 radical (unpaired) electrons. The van der Waals surface area contributed by atoms with E-state index in [1.807, 2.05) is 114 Å².